The Kier molecular flexibility index (Phi) is 4.99. The van der Waals surface area contributed by atoms with Crippen molar-refractivity contribution < 1.29 is 5.11 Å². The third-order valence-electron chi connectivity index (χ3n) is 3.82. The molecule has 0 aliphatic carbocycles. The first kappa shape index (κ1) is 16.3. The molecule has 24 heavy (non-hydrogen) atoms. The first-order chi connectivity index (χ1) is 11.7. The molecular formula is C19H17N3OS. The number of pyridine rings is 1. The highest BCUT2D eigenvalue weighted by molar-refractivity contribution is 7.98. The van der Waals surface area contributed by atoms with Gasteiger partial charge < -0.3 is 10.4 Å². The van der Waals surface area contributed by atoms with Crippen LogP contribution in [0, 0.1) is 11.3 Å². The highest BCUT2D eigenvalue weighted by Crippen LogP contribution is 2.32. The van der Waals surface area contributed by atoms with E-state index in [9.17, 15) is 10.4 Å². The fourth-order valence-corrected chi connectivity index (χ4v) is 3.16. The summed E-state index contributed by atoms with van der Waals surface area (Å²) in [5.41, 5.74) is 2.91. The van der Waals surface area contributed by atoms with Crippen LogP contribution in [-0.4, -0.2) is 22.9 Å². The van der Waals surface area contributed by atoms with Gasteiger partial charge in [0.15, 0.2) is 0 Å². The number of nitriles is 1. The van der Waals surface area contributed by atoms with Crippen LogP contribution in [0.15, 0.2) is 59.6 Å². The molecule has 120 valence electrons. The second-order valence-electron chi connectivity index (χ2n) is 5.31. The van der Waals surface area contributed by atoms with Crippen LogP contribution >= 0.6 is 11.8 Å². The Hall–Kier alpha value is -2.55. The predicted molar refractivity (Wildman–Crippen MR) is 98.1 cm³/mol. The third kappa shape index (κ3) is 3.21. The minimum absolute atomic E-state index is 0.320. The van der Waals surface area contributed by atoms with Crippen molar-refractivity contribution in [1.29, 1.82) is 5.26 Å². The average Bonchev–Trinajstić information content (AvgIpc) is 2.65. The number of aromatic nitrogens is 1. The van der Waals surface area contributed by atoms with Gasteiger partial charge in [-0.05, 0) is 17.9 Å². The van der Waals surface area contributed by atoms with Crippen LogP contribution in [0.25, 0.3) is 10.9 Å². The van der Waals surface area contributed by atoms with E-state index in [4.69, 9.17) is 0 Å². The summed E-state index contributed by atoms with van der Waals surface area (Å²) in [7, 11) is 0. The lowest BCUT2D eigenvalue weighted by molar-refractivity contribution is 0.191. The monoisotopic (exact) mass is 335 g/mol. The molecule has 0 saturated heterocycles. The molecule has 0 saturated carbocycles. The average molecular weight is 335 g/mol. The van der Waals surface area contributed by atoms with E-state index in [1.807, 2.05) is 60.9 Å². The molecule has 2 N–H and O–H groups in total. The van der Waals surface area contributed by atoms with Crippen molar-refractivity contribution in [1.82, 2.24) is 4.98 Å². The smallest absolute Gasteiger partial charge is 0.116 e. The summed E-state index contributed by atoms with van der Waals surface area (Å²) >= 11 is 1.44. The number of aliphatic hydroxyl groups is 1. The maximum absolute atomic E-state index is 10.4. The van der Waals surface area contributed by atoms with Crippen molar-refractivity contribution in [2.24, 2.45) is 0 Å². The fraction of sp³-hybridized carbons (Fsp3) is 0.158. The number of benzene rings is 2. The molecule has 2 aromatic carbocycles. The Labute approximate surface area is 145 Å². The Morgan fingerprint density at radius 1 is 1.17 bits per heavy atom. The number of aliphatic hydroxyl groups excluding tert-OH is 1. The molecule has 0 amide bonds. The Bertz CT molecular complexity index is 890. The number of nitrogens with one attached hydrogen (secondary N) is 1. The van der Waals surface area contributed by atoms with E-state index < -0.39 is 6.10 Å². The number of thioether (sulfide) groups is 1. The van der Waals surface area contributed by atoms with Crippen LogP contribution in [0.5, 0.6) is 0 Å². The number of hydrogen-bond donors (Lipinski definition) is 2. The molecular weight excluding hydrogens is 318 g/mol. The van der Waals surface area contributed by atoms with E-state index in [0.717, 1.165) is 22.2 Å². The summed E-state index contributed by atoms with van der Waals surface area (Å²) in [6, 6.07) is 19.4. The topological polar surface area (TPSA) is 68.9 Å². The number of rotatable bonds is 5. The molecule has 1 aromatic heterocycles. The molecule has 1 heterocycles. The number of para-hydroxylation sites is 1. The van der Waals surface area contributed by atoms with Crippen LogP contribution in [-0.2, 0) is 0 Å². The molecule has 0 radical (unpaired) electrons. The van der Waals surface area contributed by atoms with Crippen LogP contribution in [0.3, 0.4) is 0 Å². The van der Waals surface area contributed by atoms with E-state index >= 15 is 0 Å². The summed E-state index contributed by atoms with van der Waals surface area (Å²) in [5.74, 6) is 0. The van der Waals surface area contributed by atoms with Gasteiger partial charge in [-0.1, -0.05) is 48.5 Å². The van der Waals surface area contributed by atoms with Crippen molar-refractivity contribution in [2.75, 3.05) is 18.1 Å². The third-order valence-corrected chi connectivity index (χ3v) is 4.50. The Morgan fingerprint density at radius 2 is 1.88 bits per heavy atom. The minimum atomic E-state index is -0.651. The Morgan fingerprint density at radius 3 is 2.58 bits per heavy atom. The lowest BCUT2D eigenvalue weighted by Gasteiger charge is -2.17. The van der Waals surface area contributed by atoms with Crippen molar-refractivity contribution >= 4 is 28.4 Å². The molecule has 3 aromatic rings. The quantitative estimate of drug-likeness (QED) is 0.690. The number of fused-ring (bicyclic) bond motifs is 1. The zero-order valence-electron chi connectivity index (χ0n) is 13.2. The van der Waals surface area contributed by atoms with Gasteiger partial charge in [0.1, 0.15) is 16.7 Å². The van der Waals surface area contributed by atoms with Crippen molar-refractivity contribution in [2.45, 2.75) is 11.1 Å². The second-order valence-corrected chi connectivity index (χ2v) is 6.10. The van der Waals surface area contributed by atoms with Gasteiger partial charge in [-0.2, -0.15) is 5.26 Å². The highest BCUT2D eigenvalue weighted by atomic mass is 32.2. The number of nitrogens with zero attached hydrogens (tertiary/aromatic N) is 2. The zero-order chi connectivity index (χ0) is 16.9. The highest BCUT2D eigenvalue weighted by Gasteiger charge is 2.16. The molecule has 4 nitrogen and oxygen atoms in total. The summed E-state index contributed by atoms with van der Waals surface area (Å²) in [6.07, 6.45) is 1.25. The minimum Gasteiger partial charge on any atom is -0.387 e. The number of anilines is 1. The summed E-state index contributed by atoms with van der Waals surface area (Å²) in [4.78, 5) is 4.55. The van der Waals surface area contributed by atoms with Gasteiger partial charge >= 0.3 is 0 Å². The van der Waals surface area contributed by atoms with Gasteiger partial charge in [-0.3, -0.25) is 0 Å². The van der Waals surface area contributed by atoms with Crippen LogP contribution in [0.4, 0.5) is 5.69 Å². The van der Waals surface area contributed by atoms with Crippen molar-refractivity contribution in [3.8, 4) is 6.07 Å². The fourth-order valence-electron chi connectivity index (χ4n) is 2.62. The van der Waals surface area contributed by atoms with E-state index in [1.54, 1.807) is 0 Å². The molecule has 1 unspecified atom stereocenters. The first-order valence-electron chi connectivity index (χ1n) is 7.58. The largest absolute Gasteiger partial charge is 0.387 e. The van der Waals surface area contributed by atoms with E-state index in [1.165, 1.54) is 11.8 Å². The summed E-state index contributed by atoms with van der Waals surface area (Å²) in [6.45, 7) is 0.320. The van der Waals surface area contributed by atoms with E-state index in [-0.39, 0.29) is 0 Å². The molecule has 3 rings (SSSR count). The standard InChI is InChI=1S/C19H17N3OS/c1-24-19-15(11-20)18(14-9-5-6-10-16(14)22-19)21-12-17(23)13-7-3-2-4-8-13/h2-10,17,23H,12H2,1H3,(H,21,22). The lowest BCUT2D eigenvalue weighted by Crippen LogP contribution is -2.13. The number of hydrogen-bond acceptors (Lipinski definition) is 5. The molecule has 0 fully saturated rings. The summed E-state index contributed by atoms with van der Waals surface area (Å²) in [5, 5.41) is 24.8. The molecule has 0 aliphatic heterocycles. The molecule has 0 spiro atoms. The van der Waals surface area contributed by atoms with E-state index in [2.05, 4.69) is 16.4 Å². The van der Waals surface area contributed by atoms with Gasteiger partial charge in [-0.15, -0.1) is 11.8 Å². The van der Waals surface area contributed by atoms with Gasteiger partial charge in [0, 0.05) is 11.9 Å². The van der Waals surface area contributed by atoms with Gasteiger partial charge in [-0.25, -0.2) is 4.98 Å². The zero-order valence-corrected chi connectivity index (χ0v) is 14.0. The van der Waals surface area contributed by atoms with Gasteiger partial charge in [0.05, 0.1) is 17.3 Å². The van der Waals surface area contributed by atoms with Crippen LogP contribution in [0.2, 0.25) is 0 Å². The Balaban J connectivity index is 1.97. The maximum Gasteiger partial charge on any atom is 0.116 e. The predicted octanol–water partition coefficient (Wildman–Crippen LogP) is 3.97. The van der Waals surface area contributed by atoms with Crippen molar-refractivity contribution in [3.63, 3.8) is 0 Å². The van der Waals surface area contributed by atoms with Crippen molar-refractivity contribution in [3.05, 3.63) is 65.7 Å². The first-order valence-corrected chi connectivity index (χ1v) is 8.80. The van der Waals surface area contributed by atoms with Gasteiger partial charge in [0.2, 0.25) is 0 Å². The lowest BCUT2D eigenvalue weighted by atomic mass is 10.1. The summed E-state index contributed by atoms with van der Waals surface area (Å²) < 4.78 is 0. The molecule has 1 atom stereocenters. The molecule has 0 aliphatic rings. The normalized spacial score (nSPS) is 11.9. The van der Waals surface area contributed by atoms with Gasteiger partial charge in [0.25, 0.3) is 0 Å². The van der Waals surface area contributed by atoms with Crippen LogP contribution < -0.4 is 5.32 Å². The second kappa shape index (κ2) is 7.35. The molecule has 0 bridgehead atoms. The van der Waals surface area contributed by atoms with Crippen LogP contribution in [0.1, 0.15) is 17.2 Å². The maximum atomic E-state index is 10.4. The SMILES string of the molecule is CSc1nc2ccccc2c(NCC(O)c2ccccc2)c1C#N. The molecule has 5 heteroatoms. The van der Waals surface area contributed by atoms with E-state index in [0.29, 0.717) is 17.1 Å².